The number of nitro groups is 1. The van der Waals surface area contributed by atoms with Gasteiger partial charge in [-0.1, -0.05) is 24.3 Å². The number of nitro benzene ring substituents is 1. The highest BCUT2D eigenvalue weighted by molar-refractivity contribution is 7.80. The van der Waals surface area contributed by atoms with E-state index in [4.69, 9.17) is 12.2 Å². The van der Waals surface area contributed by atoms with Gasteiger partial charge in [0.15, 0.2) is 5.11 Å². The number of hydrazone groups is 1. The van der Waals surface area contributed by atoms with Crippen LogP contribution in [0.5, 0.6) is 0 Å². The van der Waals surface area contributed by atoms with Gasteiger partial charge < -0.3 is 10.2 Å². The van der Waals surface area contributed by atoms with Gasteiger partial charge in [0, 0.05) is 37.5 Å². The van der Waals surface area contributed by atoms with E-state index >= 15 is 0 Å². The van der Waals surface area contributed by atoms with E-state index in [0.29, 0.717) is 11.7 Å². The molecule has 0 spiro atoms. The lowest BCUT2D eigenvalue weighted by atomic mass is 10.2. The van der Waals surface area contributed by atoms with E-state index in [9.17, 15) is 10.1 Å². The minimum absolute atomic E-state index is 0.0658. The fourth-order valence-corrected chi connectivity index (χ4v) is 2.61. The summed E-state index contributed by atoms with van der Waals surface area (Å²) in [6, 6.07) is 14.5. The third-order valence-electron chi connectivity index (χ3n) is 4.00. The van der Waals surface area contributed by atoms with Crippen LogP contribution in [0.1, 0.15) is 25.0 Å². The molecule has 2 rings (SSSR count). The Hall–Kier alpha value is -3.00. The number of anilines is 1. The first-order chi connectivity index (χ1) is 13.0. The van der Waals surface area contributed by atoms with Crippen LogP contribution in [0.2, 0.25) is 0 Å². The number of hydrogen-bond acceptors (Lipinski definition) is 5. The predicted octanol–water partition coefficient (Wildman–Crippen LogP) is 3.44. The molecule has 2 aromatic rings. The fourth-order valence-electron chi connectivity index (χ4n) is 2.48. The van der Waals surface area contributed by atoms with Crippen molar-refractivity contribution in [2.45, 2.75) is 20.4 Å². The molecule has 0 aliphatic carbocycles. The van der Waals surface area contributed by atoms with Gasteiger partial charge in [-0.2, -0.15) is 5.10 Å². The average molecular weight is 385 g/mol. The van der Waals surface area contributed by atoms with Crippen molar-refractivity contribution >= 4 is 34.9 Å². The number of non-ortho nitro benzene ring substituents is 1. The largest absolute Gasteiger partial charge is 0.372 e. The topological polar surface area (TPSA) is 82.8 Å². The molecule has 142 valence electrons. The van der Waals surface area contributed by atoms with Crippen molar-refractivity contribution in [3.63, 3.8) is 0 Å². The van der Waals surface area contributed by atoms with Crippen LogP contribution in [0.15, 0.2) is 53.6 Å². The number of rotatable bonds is 8. The highest BCUT2D eigenvalue weighted by Crippen LogP contribution is 2.14. The molecule has 0 saturated carbocycles. The van der Waals surface area contributed by atoms with Crippen LogP contribution >= 0.6 is 12.2 Å². The summed E-state index contributed by atoms with van der Waals surface area (Å²) in [5, 5.41) is 18.1. The Balaban J connectivity index is 1.80. The zero-order valence-electron chi connectivity index (χ0n) is 15.4. The van der Waals surface area contributed by atoms with E-state index in [1.54, 1.807) is 18.3 Å². The lowest BCUT2D eigenvalue weighted by Crippen LogP contribution is -2.31. The number of thiocarbonyl (C=S) groups is 1. The molecule has 0 atom stereocenters. The molecule has 2 aromatic carbocycles. The number of nitrogens with one attached hydrogen (secondary N) is 2. The third kappa shape index (κ3) is 6.34. The molecule has 8 heteroatoms. The van der Waals surface area contributed by atoms with Gasteiger partial charge in [-0.3, -0.25) is 15.5 Å². The van der Waals surface area contributed by atoms with Gasteiger partial charge in [0.1, 0.15) is 0 Å². The van der Waals surface area contributed by atoms with Gasteiger partial charge in [0.2, 0.25) is 0 Å². The maximum atomic E-state index is 10.6. The summed E-state index contributed by atoms with van der Waals surface area (Å²) < 4.78 is 0. The maximum absolute atomic E-state index is 10.6. The van der Waals surface area contributed by atoms with Gasteiger partial charge in [-0.05, 0) is 49.3 Å². The van der Waals surface area contributed by atoms with Gasteiger partial charge in [-0.25, -0.2) is 0 Å². The van der Waals surface area contributed by atoms with Gasteiger partial charge in [-0.15, -0.1) is 0 Å². The predicted molar refractivity (Wildman–Crippen MR) is 113 cm³/mol. The van der Waals surface area contributed by atoms with E-state index < -0.39 is 4.92 Å². The Morgan fingerprint density at radius 3 is 2.33 bits per heavy atom. The van der Waals surface area contributed by atoms with E-state index in [2.05, 4.69) is 46.7 Å². The lowest BCUT2D eigenvalue weighted by molar-refractivity contribution is -0.384. The lowest BCUT2D eigenvalue weighted by Gasteiger charge is -2.20. The molecular formula is C19H23N5O2S. The van der Waals surface area contributed by atoms with Crippen LogP contribution in [0.4, 0.5) is 11.4 Å². The Kier molecular flexibility index (Phi) is 7.69. The van der Waals surface area contributed by atoms with Crippen LogP contribution in [-0.4, -0.2) is 29.3 Å². The highest BCUT2D eigenvalue weighted by atomic mass is 32.1. The first-order valence-electron chi connectivity index (χ1n) is 8.68. The highest BCUT2D eigenvalue weighted by Gasteiger charge is 2.04. The van der Waals surface area contributed by atoms with E-state index in [0.717, 1.165) is 24.2 Å². The smallest absolute Gasteiger partial charge is 0.269 e. The second-order valence-corrected chi connectivity index (χ2v) is 6.15. The van der Waals surface area contributed by atoms with Crippen molar-refractivity contribution in [3.8, 4) is 0 Å². The molecule has 0 saturated heterocycles. The van der Waals surface area contributed by atoms with Crippen LogP contribution in [0.25, 0.3) is 0 Å². The molecule has 0 bridgehead atoms. The van der Waals surface area contributed by atoms with E-state index in [-0.39, 0.29) is 5.69 Å². The average Bonchev–Trinajstić information content (AvgIpc) is 2.69. The van der Waals surface area contributed by atoms with Gasteiger partial charge >= 0.3 is 0 Å². The Bertz CT molecular complexity index is 787. The molecule has 0 amide bonds. The zero-order chi connectivity index (χ0) is 19.6. The third-order valence-corrected chi connectivity index (χ3v) is 4.24. The van der Waals surface area contributed by atoms with Crippen molar-refractivity contribution in [1.82, 2.24) is 10.7 Å². The van der Waals surface area contributed by atoms with Crippen molar-refractivity contribution in [2.24, 2.45) is 5.10 Å². The molecule has 0 aliphatic heterocycles. The normalized spacial score (nSPS) is 10.6. The first-order valence-corrected chi connectivity index (χ1v) is 9.09. The standard InChI is InChI=1S/C19H23N5O2S/c1-3-23(4-2)17-9-5-16(6-10-17)14-21-22-19(27)20-13-15-7-11-18(12-8-15)24(25)26/h5-12,14H,3-4,13H2,1-2H3,(H2,20,22,27)/b21-14+. The summed E-state index contributed by atoms with van der Waals surface area (Å²) in [6.07, 6.45) is 1.70. The van der Waals surface area contributed by atoms with Crippen LogP contribution in [-0.2, 0) is 6.54 Å². The second kappa shape index (κ2) is 10.2. The fraction of sp³-hybridized carbons (Fsp3) is 0.263. The molecule has 0 radical (unpaired) electrons. The monoisotopic (exact) mass is 385 g/mol. The number of benzene rings is 2. The summed E-state index contributed by atoms with van der Waals surface area (Å²) in [5.74, 6) is 0. The minimum Gasteiger partial charge on any atom is -0.372 e. The van der Waals surface area contributed by atoms with Gasteiger partial charge in [0.05, 0.1) is 11.1 Å². The number of hydrogen-bond donors (Lipinski definition) is 2. The second-order valence-electron chi connectivity index (χ2n) is 5.74. The molecule has 2 N–H and O–H groups in total. The molecule has 0 fully saturated rings. The SMILES string of the molecule is CCN(CC)c1ccc(/C=N/NC(=S)NCc2ccc([N+](=O)[O-])cc2)cc1. The molecule has 0 unspecified atom stereocenters. The van der Waals surface area contributed by atoms with Crippen LogP contribution < -0.4 is 15.6 Å². The summed E-state index contributed by atoms with van der Waals surface area (Å²) in [6.45, 7) is 6.67. The Labute approximate surface area is 164 Å². The molecule has 0 aliphatic rings. The van der Waals surface area contributed by atoms with Crippen molar-refractivity contribution in [2.75, 3.05) is 18.0 Å². The summed E-state index contributed by atoms with van der Waals surface area (Å²) in [7, 11) is 0. The quantitative estimate of drug-likeness (QED) is 0.313. The van der Waals surface area contributed by atoms with Gasteiger partial charge in [0.25, 0.3) is 5.69 Å². The molecule has 0 heterocycles. The first kappa shape index (κ1) is 20.3. The summed E-state index contributed by atoms with van der Waals surface area (Å²) >= 11 is 5.17. The number of nitrogens with zero attached hydrogens (tertiary/aromatic N) is 3. The van der Waals surface area contributed by atoms with Crippen molar-refractivity contribution in [3.05, 3.63) is 69.8 Å². The minimum atomic E-state index is -0.424. The van der Waals surface area contributed by atoms with E-state index in [1.807, 2.05) is 12.1 Å². The zero-order valence-corrected chi connectivity index (χ0v) is 16.2. The van der Waals surface area contributed by atoms with Crippen molar-refractivity contribution < 1.29 is 4.92 Å². The van der Waals surface area contributed by atoms with E-state index in [1.165, 1.54) is 17.8 Å². The Morgan fingerprint density at radius 2 is 1.78 bits per heavy atom. The summed E-state index contributed by atoms with van der Waals surface area (Å²) in [4.78, 5) is 12.5. The van der Waals surface area contributed by atoms with Crippen molar-refractivity contribution in [1.29, 1.82) is 0 Å². The molecule has 0 aromatic heterocycles. The Morgan fingerprint density at radius 1 is 1.15 bits per heavy atom. The summed E-state index contributed by atoms with van der Waals surface area (Å²) in [5.41, 5.74) is 5.87. The molecule has 7 nitrogen and oxygen atoms in total. The van der Waals surface area contributed by atoms with Crippen LogP contribution in [0, 0.1) is 10.1 Å². The maximum Gasteiger partial charge on any atom is 0.269 e. The molecule has 27 heavy (non-hydrogen) atoms. The molecular weight excluding hydrogens is 362 g/mol. The van der Waals surface area contributed by atoms with Crippen LogP contribution in [0.3, 0.4) is 0 Å².